The fraction of sp³-hybridized carbons (Fsp3) is 0.120. The zero-order valence-corrected chi connectivity index (χ0v) is 47.1. The molecule has 1 aliphatic rings. The van der Waals surface area contributed by atoms with Gasteiger partial charge in [0.1, 0.15) is 11.2 Å². The van der Waals surface area contributed by atoms with E-state index in [1.54, 1.807) is 0 Å². The van der Waals surface area contributed by atoms with Crippen LogP contribution in [0.1, 0.15) is 52.8 Å². The molecule has 0 N–H and O–H groups in total. The number of aromatic nitrogens is 2. The summed E-state index contributed by atoms with van der Waals surface area (Å²) in [6.45, 7) is 15.5. The van der Waals surface area contributed by atoms with Crippen LogP contribution in [-0.4, -0.2) is 9.13 Å². The molecule has 0 atom stereocenters. The number of furan rings is 1. The molecule has 4 heteroatoms. The predicted octanol–water partition coefficient (Wildman–Crippen LogP) is 21.3. The van der Waals surface area contributed by atoms with Crippen molar-refractivity contribution in [3.63, 3.8) is 0 Å². The Hall–Kier alpha value is -8.96. The Balaban J connectivity index is 0.0000000992. The van der Waals surface area contributed by atoms with Crippen LogP contribution >= 0.6 is 11.3 Å². The Morgan fingerprint density at radius 2 is 0.861 bits per heavy atom. The van der Waals surface area contributed by atoms with E-state index in [0.29, 0.717) is 0 Å². The molecule has 0 bridgehead atoms. The molecule has 1 aliphatic carbocycles. The number of fused-ring (bicyclic) bond motifs is 15. The third-order valence-corrected chi connectivity index (χ3v) is 17.4. The van der Waals surface area contributed by atoms with E-state index >= 15 is 0 Å². The second-order valence-corrected chi connectivity index (χ2v) is 22.5. The van der Waals surface area contributed by atoms with Gasteiger partial charge in [0.05, 0.1) is 16.6 Å². The van der Waals surface area contributed by atoms with Gasteiger partial charge in [0.15, 0.2) is 0 Å². The van der Waals surface area contributed by atoms with Gasteiger partial charge in [0, 0.05) is 76.2 Å². The lowest BCUT2D eigenvalue weighted by Gasteiger charge is -2.23. The van der Waals surface area contributed by atoms with Gasteiger partial charge in [-0.2, -0.15) is 0 Å². The molecule has 386 valence electrons. The molecule has 0 radical (unpaired) electrons. The zero-order chi connectivity index (χ0) is 54.4. The van der Waals surface area contributed by atoms with Crippen molar-refractivity contribution in [3.05, 3.63) is 282 Å². The van der Waals surface area contributed by atoms with Crippen LogP contribution in [0.5, 0.6) is 0 Å². The Morgan fingerprint density at radius 1 is 0.367 bits per heavy atom. The minimum absolute atomic E-state index is 0.150. The van der Waals surface area contributed by atoms with E-state index in [-0.39, 0.29) is 5.41 Å². The van der Waals surface area contributed by atoms with Crippen molar-refractivity contribution in [1.82, 2.24) is 9.13 Å². The number of benzene rings is 11. The van der Waals surface area contributed by atoms with E-state index in [4.69, 9.17) is 4.42 Å². The first kappa shape index (κ1) is 50.8. The molecule has 0 amide bonds. The molecule has 0 saturated carbocycles. The van der Waals surface area contributed by atoms with Crippen LogP contribution in [0, 0.1) is 34.6 Å². The van der Waals surface area contributed by atoms with Crippen molar-refractivity contribution >= 4 is 97.1 Å². The minimum atomic E-state index is 0.150. The molecule has 4 heterocycles. The molecule has 4 aromatic heterocycles. The van der Waals surface area contributed by atoms with Gasteiger partial charge in [-0.3, -0.25) is 0 Å². The van der Waals surface area contributed by atoms with E-state index < -0.39 is 0 Å². The molecule has 3 nitrogen and oxygen atoms in total. The maximum atomic E-state index is 5.78. The van der Waals surface area contributed by atoms with Gasteiger partial charge in [-0.05, 0) is 121 Å². The number of para-hydroxylation sites is 7. The summed E-state index contributed by atoms with van der Waals surface area (Å²) >= 11 is 1.89. The molecule has 0 aliphatic heterocycles. The van der Waals surface area contributed by atoms with Gasteiger partial charge in [0.2, 0.25) is 0 Å². The highest BCUT2D eigenvalue weighted by Gasteiger charge is 2.36. The summed E-state index contributed by atoms with van der Waals surface area (Å²) in [4.78, 5) is 0. The first-order chi connectivity index (χ1) is 38.5. The summed E-state index contributed by atoms with van der Waals surface area (Å²) in [7, 11) is 2.14. The Morgan fingerprint density at radius 3 is 1.61 bits per heavy atom. The lowest BCUT2D eigenvalue weighted by Crippen LogP contribution is -2.16. The second kappa shape index (κ2) is 21.1. The molecule has 11 aromatic carbocycles. The number of hydrogen-bond donors (Lipinski definition) is 0. The molecule has 0 fully saturated rings. The Bertz CT molecular complexity index is 4600. The summed E-state index contributed by atoms with van der Waals surface area (Å²) in [5.41, 5.74) is 21.0. The minimum Gasteiger partial charge on any atom is -0.456 e. The number of nitrogens with zero attached hydrogens (tertiary/aromatic N) is 2. The average molecular weight is 1040 g/mol. The maximum Gasteiger partial charge on any atom is 0.138 e. The molecule has 15 aromatic rings. The quantitative estimate of drug-likeness (QED) is 0.161. The second-order valence-electron chi connectivity index (χ2n) is 21.5. The van der Waals surface area contributed by atoms with Crippen molar-refractivity contribution in [3.8, 4) is 16.8 Å². The summed E-state index contributed by atoms with van der Waals surface area (Å²) in [5.74, 6) is 0. The fourth-order valence-electron chi connectivity index (χ4n) is 12.4. The van der Waals surface area contributed by atoms with Crippen molar-refractivity contribution in [2.24, 2.45) is 7.05 Å². The highest BCUT2D eigenvalue weighted by Crippen LogP contribution is 2.49. The number of aryl methyl sites for hydroxylation is 6. The smallest absolute Gasteiger partial charge is 0.138 e. The van der Waals surface area contributed by atoms with Crippen molar-refractivity contribution < 1.29 is 4.42 Å². The van der Waals surface area contributed by atoms with Crippen LogP contribution in [0.25, 0.3) is 103 Å². The number of hydrogen-bond acceptors (Lipinski definition) is 2. The fourth-order valence-corrected chi connectivity index (χ4v) is 13.5. The maximum absolute atomic E-state index is 5.78. The van der Waals surface area contributed by atoms with Gasteiger partial charge in [0.25, 0.3) is 0 Å². The van der Waals surface area contributed by atoms with E-state index in [1.165, 1.54) is 130 Å². The summed E-state index contributed by atoms with van der Waals surface area (Å²) in [6.07, 6.45) is 0. The third-order valence-electron chi connectivity index (χ3n) is 16.0. The molecule has 0 unspecified atom stereocenters. The molecule has 0 spiro atoms. The Kier molecular flexibility index (Phi) is 13.6. The summed E-state index contributed by atoms with van der Waals surface area (Å²) in [5, 5.41) is 10.5. The Labute approximate surface area is 467 Å². The highest BCUT2D eigenvalue weighted by molar-refractivity contribution is 7.26. The van der Waals surface area contributed by atoms with Gasteiger partial charge >= 0.3 is 0 Å². The van der Waals surface area contributed by atoms with Crippen molar-refractivity contribution in [2.45, 2.75) is 53.9 Å². The average Bonchev–Trinajstić information content (AvgIpc) is 4.48. The van der Waals surface area contributed by atoms with Crippen LogP contribution in [0.4, 0.5) is 0 Å². The van der Waals surface area contributed by atoms with E-state index in [1.807, 2.05) is 29.5 Å². The highest BCUT2D eigenvalue weighted by atomic mass is 32.1. The van der Waals surface area contributed by atoms with Crippen molar-refractivity contribution in [2.75, 3.05) is 0 Å². The molecule has 16 rings (SSSR count). The summed E-state index contributed by atoms with van der Waals surface area (Å²) in [6, 6.07) is 85.7. The lowest BCUT2D eigenvalue weighted by atomic mass is 9.80. The molecular formula is C75H64N2OS. The van der Waals surface area contributed by atoms with Crippen LogP contribution < -0.4 is 0 Å². The van der Waals surface area contributed by atoms with Crippen LogP contribution in [0.3, 0.4) is 0 Å². The zero-order valence-electron chi connectivity index (χ0n) is 46.3. The van der Waals surface area contributed by atoms with Gasteiger partial charge in [-0.1, -0.05) is 220 Å². The van der Waals surface area contributed by atoms with Gasteiger partial charge < -0.3 is 13.6 Å². The first-order valence-corrected chi connectivity index (χ1v) is 28.2. The normalized spacial score (nSPS) is 12.2. The standard InChI is InChI=1S/C19H15N.C16H16.C14H13N.C13H10O.C13H10S/c1-14-8-7-12-17-16-11-5-6-13-18(16)20(19(14)17)15-9-3-2-4-10-15;1-11-7-6-9-13-12-8-4-5-10-14(12)16(2,3)15(11)13;1-10-6-5-8-12-11-7-3-4-9-13(11)15(2)14(10)12;2*1-9-5-4-7-11-10-6-2-3-8-12(10)14-13(9)11/h2-13H,1H3;4-10H,1-3H3;3-9H,1-2H3;2*2-8H,1H3. The van der Waals surface area contributed by atoms with Gasteiger partial charge in [-0.15, -0.1) is 11.3 Å². The molecule has 0 saturated heterocycles. The molecule has 79 heavy (non-hydrogen) atoms. The largest absolute Gasteiger partial charge is 0.456 e. The van der Waals surface area contributed by atoms with Gasteiger partial charge in [-0.25, -0.2) is 0 Å². The van der Waals surface area contributed by atoms with Crippen molar-refractivity contribution in [1.29, 1.82) is 0 Å². The van der Waals surface area contributed by atoms with Crippen LogP contribution in [-0.2, 0) is 12.5 Å². The topological polar surface area (TPSA) is 23.0 Å². The monoisotopic (exact) mass is 1040 g/mol. The number of rotatable bonds is 1. The lowest BCUT2D eigenvalue weighted by molar-refractivity contribution is 0.655. The first-order valence-electron chi connectivity index (χ1n) is 27.4. The SMILES string of the molecule is Cc1cccc2c1C(C)(C)c1ccccc1-2.Cc1cccc2c1oc1ccccc12.Cc1cccc2c1sc1ccccc12.Cc1cccc2c3ccccc3n(-c3ccccc3)c12.Cc1cccc2c3ccccc3n(C)c12. The van der Waals surface area contributed by atoms with E-state index in [2.05, 4.69) is 289 Å². The van der Waals surface area contributed by atoms with Crippen LogP contribution in [0.2, 0.25) is 0 Å². The van der Waals surface area contributed by atoms with E-state index in [9.17, 15) is 0 Å². The molecular weight excluding hydrogens is 977 g/mol. The van der Waals surface area contributed by atoms with Crippen LogP contribution in [0.15, 0.2) is 247 Å². The number of thiophene rings is 1. The predicted molar refractivity (Wildman–Crippen MR) is 342 cm³/mol. The summed E-state index contributed by atoms with van der Waals surface area (Å²) < 4.78 is 13.2. The van der Waals surface area contributed by atoms with E-state index in [0.717, 1.165) is 11.2 Å². The third kappa shape index (κ3) is 9.16.